The van der Waals surface area contributed by atoms with E-state index in [0.717, 1.165) is 33.0 Å². The summed E-state index contributed by atoms with van der Waals surface area (Å²) in [6.07, 6.45) is 6.46. The molecule has 0 aliphatic heterocycles. The number of methoxy groups -OCH3 is 9. The lowest BCUT2D eigenvalue weighted by Crippen LogP contribution is -2.06. The number of nitrogens with one attached hydrogen (secondary N) is 3. The molecule has 3 aromatic heterocycles. The first-order valence-corrected chi connectivity index (χ1v) is 32.5. The van der Waals surface area contributed by atoms with Gasteiger partial charge in [0.25, 0.3) is 5.69 Å². The van der Waals surface area contributed by atoms with Gasteiger partial charge in [0.2, 0.25) is 17.8 Å². The Balaban J connectivity index is 0.000000165. The van der Waals surface area contributed by atoms with Crippen molar-refractivity contribution >= 4 is 154 Å². The molecule has 0 bridgehead atoms. The Kier molecular flexibility index (Phi) is 23.8. The summed E-state index contributed by atoms with van der Waals surface area (Å²) in [5.74, 6) is 4.95. The molecule has 0 unspecified atom stereocenters. The molecule has 0 amide bonds. The van der Waals surface area contributed by atoms with Crippen molar-refractivity contribution < 1.29 is 52.3 Å². The van der Waals surface area contributed by atoms with E-state index in [-0.39, 0.29) is 29.5 Å². The number of nitrogens with two attached hydrogens (primary N) is 1. The van der Waals surface area contributed by atoms with Gasteiger partial charge in [0, 0.05) is 82.1 Å². The Morgan fingerprint density at radius 3 is 1.10 bits per heavy atom. The summed E-state index contributed by atoms with van der Waals surface area (Å²) in [4.78, 5) is 49.8. The van der Waals surface area contributed by atoms with Gasteiger partial charge < -0.3 is 64.3 Å². The van der Waals surface area contributed by atoms with Crippen LogP contribution in [0.5, 0.6) is 51.7 Å². The van der Waals surface area contributed by atoms with E-state index in [1.165, 1.54) is 68.0 Å². The number of nitrogens with zero attached hydrogens (tertiary/aromatic N) is 7. The van der Waals surface area contributed by atoms with Gasteiger partial charge in [-0.3, -0.25) is 14.9 Å². The topological polar surface area (TPSA) is 283 Å². The fraction of sp³-hybridized carbons (Fsp3) is 0.137. The molecule has 0 aliphatic rings. The molecule has 0 spiro atoms. The van der Waals surface area contributed by atoms with Crippen LogP contribution < -0.4 is 64.3 Å². The highest BCUT2D eigenvalue weighted by Gasteiger charge is 2.25. The van der Waals surface area contributed by atoms with Gasteiger partial charge in [-0.05, 0) is 89.0 Å². The summed E-state index contributed by atoms with van der Waals surface area (Å²) in [6, 6.07) is 36.9. The smallest absolute Gasteiger partial charge is 0.296 e. The average molecular weight is 1500 g/mol. The van der Waals surface area contributed by atoms with E-state index in [0.29, 0.717) is 150 Å². The zero-order valence-electron chi connectivity index (χ0n) is 55.7. The first-order chi connectivity index (χ1) is 49.2. The summed E-state index contributed by atoms with van der Waals surface area (Å²) in [5, 5.41) is 25.2. The number of benzene rings is 9. The Hall–Kier alpha value is -11.1. The molecule has 0 aliphatic carbocycles. The second-order valence-electron chi connectivity index (χ2n) is 21.5. The molecular formula is C73H61Cl6N11O12. The minimum atomic E-state index is -0.506. The highest BCUT2D eigenvalue weighted by Crippen LogP contribution is 2.50. The quantitative estimate of drug-likeness (QED) is 0.0212. The number of nitro benzene ring substituents is 1. The van der Waals surface area contributed by atoms with Crippen LogP contribution in [0.25, 0.3) is 66.1 Å². The van der Waals surface area contributed by atoms with E-state index in [1.54, 1.807) is 81.3 Å². The van der Waals surface area contributed by atoms with Crippen LogP contribution in [0.2, 0.25) is 30.1 Å². The third-order valence-electron chi connectivity index (χ3n) is 15.7. The lowest BCUT2D eigenvalue weighted by atomic mass is 10.0. The number of allylic oxidation sites excluding steroid dienone is 1. The minimum Gasteiger partial charge on any atom is -0.495 e. The number of halogens is 6. The zero-order chi connectivity index (χ0) is 73.1. The molecular weight excluding hydrogens is 1440 g/mol. The summed E-state index contributed by atoms with van der Waals surface area (Å²) in [5.41, 5.74) is 14.6. The summed E-state index contributed by atoms with van der Waals surface area (Å²) in [6.45, 7) is 3.55. The summed E-state index contributed by atoms with van der Waals surface area (Å²) >= 11 is 39.4. The Bertz CT molecular complexity index is 5130. The molecule has 0 saturated heterocycles. The molecule has 29 heteroatoms. The number of carbonyl (C=O) groups is 1. The molecule has 12 rings (SSSR count). The lowest BCUT2D eigenvalue weighted by Gasteiger charge is -2.16. The number of fused-ring (bicyclic) bond motifs is 3. The molecule has 3 heterocycles. The number of ether oxygens (including phenoxy) is 9. The maximum absolute atomic E-state index is 12.0. The zero-order valence-corrected chi connectivity index (χ0v) is 60.3. The number of nitro groups is 1. The van der Waals surface area contributed by atoms with Crippen LogP contribution in [0.3, 0.4) is 0 Å². The van der Waals surface area contributed by atoms with Crippen LogP contribution in [0, 0.1) is 10.1 Å². The van der Waals surface area contributed by atoms with Crippen molar-refractivity contribution in [2.24, 2.45) is 0 Å². The monoisotopic (exact) mass is 1490 g/mol. The third kappa shape index (κ3) is 15.8. The number of carbonyl (C=O) groups excluding carboxylic acids is 1. The third-order valence-corrected chi connectivity index (χ3v) is 17.9. The first kappa shape index (κ1) is 73.7. The predicted molar refractivity (Wildman–Crippen MR) is 403 cm³/mol. The molecule has 0 radical (unpaired) electrons. The predicted octanol–water partition coefficient (Wildman–Crippen LogP) is 18.9. The SMILES string of the molecule is C=CC(=O)Cc1cccc(OC)c1Nc1ncc2cc(-c3c(Cl)c(OC)cc(OC)c3Cl)ccc2n1.COc1cc(OC)c(Cl)c(-c2ccc3nc(Nc4c(N)cccc4OC)ncc3c2)c1Cl.COc1cc(OC)c(Cl)c(-c2ccc3nc(Nc4c(OC)cccc4[N+](=O)[O-])ncc3c2)c1Cl. The van der Waals surface area contributed by atoms with Crippen LogP contribution in [-0.4, -0.2) is 105 Å². The largest absolute Gasteiger partial charge is 0.495 e. The van der Waals surface area contributed by atoms with Gasteiger partial charge in [-0.1, -0.05) is 119 Å². The van der Waals surface area contributed by atoms with E-state index in [2.05, 4.69) is 52.4 Å². The van der Waals surface area contributed by atoms with Crippen LogP contribution in [0.1, 0.15) is 5.56 Å². The Morgan fingerprint density at radius 2 is 0.755 bits per heavy atom. The van der Waals surface area contributed by atoms with Crippen LogP contribution in [0.4, 0.5) is 46.3 Å². The van der Waals surface area contributed by atoms with Gasteiger partial charge in [-0.25, -0.2) is 29.9 Å². The van der Waals surface area contributed by atoms with E-state index in [1.807, 2.05) is 66.7 Å². The lowest BCUT2D eigenvalue weighted by molar-refractivity contribution is -0.384. The van der Waals surface area contributed by atoms with Gasteiger partial charge in [-0.2, -0.15) is 0 Å². The number of para-hydroxylation sites is 3. The van der Waals surface area contributed by atoms with E-state index in [4.69, 9.17) is 118 Å². The van der Waals surface area contributed by atoms with Gasteiger partial charge in [0.15, 0.2) is 11.5 Å². The number of ketones is 1. The Morgan fingerprint density at radius 1 is 0.441 bits per heavy atom. The van der Waals surface area contributed by atoms with Gasteiger partial charge >= 0.3 is 0 Å². The molecule has 0 saturated carbocycles. The van der Waals surface area contributed by atoms with Gasteiger partial charge in [-0.15, -0.1) is 0 Å². The van der Waals surface area contributed by atoms with Crippen molar-refractivity contribution in [3.05, 3.63) is 204 Å². The number of rotatable bonds is 22. The number of nitrogen functional groups attached to an aromatic ring is 1. The van der Waals surface area contributed by atoms with Crippen molar-refractivity contribution in [1.82, 2.24) is 29.9 Å². The molecule has 0 atom stereocenters. The molecule has 9 aromatic carbocycles. The molecule has 522 valence electrons. The Labute approximate surface area is 614 Å². The molecule has 5 N–H and O–H groups in total. The average Bonchev–Trinajstić information content (AvgIpc) is 0.783. The molecule has 0 fully saturated rings. The van der Waals surface area contributed by atoms with Gasteiger partial charge in [0.05, 0.1) is 127 Å². The molecule has 23 nitrogen and oxygen atoms in total. The van der Waals surface area contributed by atoms with E-state index >= 15 is 0 Å². The van der Waals surface area contributed by atoms with Crippen LogP contribution in [0.15, 0.2) is 159 Å². The number of hydrogen-bond donors (Lipinski definition) is 4. The van der Waals surface area contributed by atoms with Crippen LogP contribution in [-0.2, 0) is 11.2 Å². The van der Waals surface area contributed by atoms with Crippen molar-refractivity contribution in [3.63, 3.8) is 0 Å². The maximum Gasteiger partial charge on any atom is 0.296 e. The standard InChI is InChI=1S/C27H23Cl2N3O4.C23H18Cl2N4O5.C23H20Cl2N4O3/c1-5-18(33)12-16-7-6-8-20(34-2)26(16)32-27-30-14-17-11-15(9-10-19(17)31-27)23-24(28)21(35-3)13-22(36-4)25(23)29;1-32-16-6-4-5-15(29(30)31)22(16)28-23-26-11-13-9-12(7-8-14(13)27-23)19-20(24)17(33-2)10-18(34-3)21(19)25;1-30-16-6-4-5-14(26)22(16)29-23-27-11-13-9-12(7-8-15(13)28-23)19-20(24)17(31-2)10-18(32-3)21(19)25/h5-11,13-14H,1,12H2,2-4H3,(H,30,31,32);4-11H,1-3H3,(H,26,27,28);4-11H,26H2,1-3H3,(H,27,28,29). The first-order valence-electron chi connectivity index (χ1n) is 30.2. The van der Waals surface area contributed by atoms with Crippen molar-refractivity contribution in [2.45, 2.75) is 6.42 Å². The molecule has 12 aromatic rings. The van der Waals surface area contributed by atoms with Crippen molar-refractivity contribution in [3.8, 4) is 85.1 Å². The fourth-order valence-electron chi connectivity index (χ4n) is 10.6. The normalized spacial score (nSPS) is 10.7. The van der Waals surface area contributed by atoms with E-state index in [9.17, 15) is 14.9 Å². The molecule has 102 heavy (non-hydrogen) atoms. The highest BCUT2D eigenvalue weighted by molar-refractivity contribution is 6.42. The maximum atomic E-state index is 12.0. The second-order valence-corrected chi connectivity index (χ2v) is 23.8. The second kappa shape index (κ2) is 33.0. The summed E-state index contributed by atoms with van der Waals surface area (Å²) in [7, 11) is 13.7. The van der Waals surface area contributed by atoms with Crippen molar-refractivity contribution in [2.75, 3.05) is 85.7 Å². The highest BCUT2D eigenvalue weighted by atomic mass is 35.5. The fourth-order valence-corrected chi connectivity index (χ4v) is 12.8. The van der Waals surface area contributed by atoms with E-state index < -0.39 is 4.92 Å². The minimum absolute atomic E-state index is 0.107. The number of hydrogen-bond acceptors (Lipinski definition) is 22. The van der Waals surface area contributed by atoms with Crippen LogP contribution >= 0.6 is 69.6 Å². The summed E-state index contributed by atoms with van der Waals surface area (Å²) < 4.78 is 48.3. The number of anilines is 7. The van der Waals surface area contributed by atoms with Gasteiger partial charge in [0.1, 0.15) is 57.4 Å². The number of aromatic nitrogens is 6. The van der Waals surface area contributed by atoms with Crippen molar-refractivity contribution in [1.29, 1.82) is 0 Å².